The first-order chi connectivity index (χ1) is 13.5. The number of hydrogen-bond donors (Lipinski definition) is 3. The maximum atomic E-state index is 12.7. The van der Waals surface area contributed by atoms with Crippen LogP contribution in [0.25, 0.3) is 10.9 Å². The van der Waals surface area contributed by atoms with Gasteiger partial charge in [-0.3, -0.25) is 4.79 Å². The van der Waals surface area contributed by atoms with E-state index in [1.165, 1.54) is 0 Å². The lowest BCUT2D eigenvalue weighted by atomic mass is 10.0. The van der Waals surface area contributed by atoms with E-state index in [4.69, 9.17) is 12.2 Å². The Bertz CT molecular complexity index is 1030. The second kappa shape index (κ2) is 8.99. The van der Waals surface area contributed by atoms with Crippen molar-refractivity contribution in [1.82, 2.24) is 9.88 Å². The fourth-order valence-electron chi connectivity index (χ4n) is 3.18. The van der Waals surface area contributed by atoms with Crippen LogP contribution in [-0.2, 0) is 6.54 Å². The van der Waals surface area contributed by atoms with Gasteiger partial charge in [0.2, 0.25) is 0 Å². The Morgan fingerprint density at radius 3 is 2.57 bits per heavy atom. The van der Waals surface area contributed by atoms with E-state index in [1.807, 2.05) is 61.2 Å². The molecule has 0 aliphatic carbocycles. The lowest BCUT2D eigenvalue weighted by Gasteiger charge is -2.25. The smallest absolute Gasteiger partial charge is 0.253 e. The highest BCUT2D eigenvalue weighted by atomic mass is 32.1. The predicted octanol–water partition coefficient (Wildman–Crippen LogP) is 3.73. The zero-order valence-electron chi connectivity index (χ0n) is 16.2. The minimum absolute atomic E-state index is 0.0663. The molecule has 0 saturated carbocycles. The van der Waals surface area contributed by atoms with Crippen LogP contribution in [-0.4, -0.2) is 33.3 Å². The second-order valence-corrected chi connectivity index (χ2v) is 7.29. The summed E-state index contributed by atoms with van der Waals surface area (Å²) in [6.07, 6.45) is 0.570. The molecule has 146 valence electrons. The van der Waals surface area contributed by atoms with Gasteiger partial charge in [0.25, 0.3) is 5.56 Å². The van der Waals surface area contributed by atoms with Crippen molar-refractivity contribution in [1.29, 1.82) is 0 Å². The molecule has 28 heavy (non-hydrogen) atoms. The molecule has 1 heterocycles. The van der Waals surface area contributed by atoms with Crippen molar-refractivity contribution in [3.05, 3.63) is 75.6 Å². The number of nitrogens with zero attached hydrogens (tertiary/aromatic N) is 1. The minimum Gasteiger partial charge on any atom is -0.396 e. The van der Waals surface area contributed by atoms with Gasteiger partial charge in [0.05, 0.1) is 12.1 Å². The molecular weight excluding hydrogens is 370 g/mol. The Morgan fingerprint density at radius 2 is 1.86 bits per heavy atom. The molecule has 6 heteroatoms. The Kier molecular flexibility index (Phi) is 6.44. The number of nitrogens with one attached hydrogen (secondary N) is 2. The number of anilines is 1. The van der Waals surface area contributed by atoms with Crippen molar-refractivity contribution >= 4 is 33.9 Å². The van der Waals surface area contributed by atoms with Gasteiger partial charge in [-0.15, -0.1) is 0 Å². The lowest BCUT2D eigenvalue weighted by Crippen LogP contribution is -2.37. The highest BCUT2D eigenvalue weighted by molar-refractivity contribution is 7.80. The number of rotatable bonds is 6. The number of aliphatic hydroxyl groups is 1. The van der Waals surface area contributed by atoms with Crippen molar-refractivity contribution in [3.63, 3.8) is 0 Å². The van der Waals surface area contributed by atoms with E-state index in [9.17, 15) is 9.90 Å². The first kappa shape index (κ1) is 20.0. The normalized spacial score (nSPS) is 10.8. The molecule has 0 aliphatic rings. The van der Waals surface area contributed by atoms with Crippen molar-refractivity contribution in [3.8, 4) is 0 Å². The van der Waals surface area contributed by atoms with E-state index in [2.05, 4.69) is 16.4 Å². The molecule has 0 atom stereocenters. The van der Waals surface area contributed by atoms with Gasteiger partial charge in [-0.05, 0) is 61.8 Å². The Balaban J connectivity index is 1.90. The maximum Gasteiger partial charge on any atom is 0.253 e. The summed E-state index contributed by atoms with van der Waals surface area (Å²) in [7, 11) is 0. The van der Waals surface area contributed by atoms with Crippen LogP contribution in [0.5, 0.6) is 0 Å². The van der Waals surface area contributed by atoms with Gasteiger partial charge in [-0.25, -0.2) is 0 Å². The summed E-state index contributed by atoms with van der Waals surface area (Å²) in [6.45, 7) is 5.02. The zero-order chi connectivity index (χ0) is 20.1. The number of benzene rings is 2. The number of fused-ring (bicyclic) bond motifs is 1. The Labute approximate surface area is 170 Å². The van der Waals surface area contributed by atoms with Crippen molar-refractivity contribution < 1.29 is 5.11 Å². The molecule has 3 N–H and O–H groups in total. The van der Waals surface area contributed by atoms with Crippen LogP contribution in [0, 0.1) is 13.8 Å². The SMILES string of the molecule is Cc1ccc(C)c2[nH]c(=O)c(CN(CCCO)C(=S)Nc3ccccc3)cc12. The second-order valence-electron chi connectivity index (χ2n) is 6.91. The summed E-state index contributed by atoms with van der Waals surface area (Å²) in [5.41, 5.74) is 4.46. The molecule has 0 spiro atoms. The molecule has 0 unspecified atom stereocenters. The number of aliphatic hydroxyl groups excluding tert-OH is 1. The van der Waals surface area contributed by atoms with Crippen LogP contribution in [0.2, 0.25) is 0 Å². The molecule has 0 radical (unpaired) electrons. The number of aromatic nitrogens is 1. The van der Waals surface area contributed by atoms with Crippen molar-refractivity contribution in [2.75, 3.05) is 18.5 Å². The van der Waals surface area contributed by atoms with Crippen LogP contribution in [0.3, 0.4) is 0 Å². The van der Waals surface area contributed by atoms with Gasteiger partial charge >= 0.3 is 0 Å². The van der Waals surface area contributed by atoms with Gasteiger partial charge < -0.3 is 20.3 Å². The molecule has 0 fully saturated rings. The molecule has 0 bridgehead atoms. The highest BCUT2D eigenvalue weighted by Crippen LogP contribution is 2.20. The van der Waals surface area contributed by atoms with E-state index in [0.717, 1.165) is 27.7 Å². The fraction of sp³-hybridized carbons (Fsp3) is 0.273. The molecule has 0 amide bonds. The van der Waals surface area contributed by atoms with Gasteiger partial charge in [0.1, 0.15) is 0 Å². The van der Waals surface area contributed by atoms with E-state index < -0.39 is 0 Å². The number of aryl methyl sites for hydroxylation is 2. The standard InChI is InChI=1S/C22H25N3O2S/c1-15-9-10-16(2)20-19(15)13-17(21(27)24-20)14-25(11-6-12-26)22(28)23-18-7-4-3-5-8-18/h3-5,7-10,13,26H,6,11-12,14H2,1-2H3,(H,23,28)(H,24,27). The molecule has 2 aromatic carbocycles. The highest BCUT2D eigenvalue weighted by Gasteiger charge is 2.14. The lowest BCUT2D eigenvalue weighted by molar-refractivity contribution is 0.266. The van der Waals surface area contributed by atoms with Crippen LogP contribution < -0.4 is 10.9 Å². The number of H-pyrrole nitrogens is 1. The number of thiocarbonyl (C=S) groups is 1. The number of pyridine rings is 1. The van der Waals surface area contributed by atoms with Crippen LogP contribution in [0.4, 0.5) is 5.69 Å². The van der Waals surface area contributed by atoms with Gasteiger partial charge in [0.15, 0.2) is 5.11 Å². The minimum atomic E-state index is -0.113. The van der Waals surface area contributed by atoms with Crippen molar-refractivity contribution in [2.24, 2.45) is 0 Å². The number of para-hydroxylation sites is 1. The van der Waals surface area contributed by atoms with E-state index >= 15 is 0 Å². The molecule has 0 saturated heterocycles. The molecule has 1 aromatic heterocycles. The number of aromatic amines is 1. The fourth-order valence-corrected chi connectivity index (χ4v) is 3.45. The van der Waals surface area contributed by atoms with E-state index in [-0.39, 0.29) is 12.2 Å². The molecule has 3 aromatic rings. The van der Waals surface area contributed by atoms with Gasteiger partial charge in [-0.2, -0.15) is 0 Å². The third-order valence-corrected chi connectivity index (χ3v) is 5.14. The molecule has 0 aliphatic heterocycles. The Morgan fingerprint density at radius 1 is 1.14 bits per heavy atom. The third-order valence-electron chi connectivity index (χ3n) is 4.78. The summed E-state index contributed by atoms with van der Waals surface area (Å²) >= 11 is 5.58. The first-order valence-electron chi connectivity index (χ1n) is 9.33. The average molecular weight is 396 g/mol. The average Bonchev–Trinajstić information content (AvgIpc) is 2.69. The zero-order valence-corrected chi connectivity index (χ0v) is 17.0. The van der Waals surface area contributed by atoms with Crippen molar-refractivity contribution in [2.45, 2.75) is 26.8 Å². The molecular formula is C22H25N3O2S. The largest absolute Gasteiger partial charge is 0.396 e. The summed E-state index contributed by atoms with van der Waals surface area (Å²) in [6, 6.07) is 15.7. The van der Waals surface area contributed by atoms with E-state index in [1.54, 1.807) is 0 Å². The summed E-state index contributed by atoms with van der Waals surface area (Å²) in [5, 5.41) is 14.0. The van der Waals surface area contributed by atoms with Gasteiger partial charge in [-0.1, -0.05) is 30.3 Å². The number of hydrogen-bond acceptors (Lipinski definition) is 3. The molecule has 3 rings (SSSR count). The predicted molar refractivity (Wildman–Crippen MR) is 119 cm³/mol. The topological polar surface area (TPSA) is 68.4 Å². The van der Waals surface area contributed by atoms with Crippen LogP contribution >= 0.6 is 12.2 Å². The summed E-state index contributed by atoms with van der Waals surface area (Å²) in [4.78, 5) is 17.6. The first-order valence-corrected chi connectivity index (χ1v) is 9.74. The summed E-state index contributed by atoms with van der Waals surface area (Å²) in [5.74, 6) is 0. The molecule has 5 nitrogen and oxygen atoms in total. The van der Waals surface area contributed by atoms with Crippen LogP contribution in [0.15, 0.2) is 53.3 Å². The summed E-state index contributed by atoms with van der Waals surface area (Å²) < 4.78 is 0. The van der Waals surface area contributed by atoms with E-state index in [0.29, 0.717) is 30.2 Å². The van der Waals surface area contributed by atoms with Crippen LogP contribution in [0.1, 0.15) is 23.1 Å². The maximum absolute atomic E-state index is 12.7. The monoisotopic (exact) mass is 395 g/mol. The third kappa shape index (κ3) is 4.58. The Hall–Kier alpha value is -2.70. The quantitative estimate of drug-likeness (QED) is 0.555. The van der Waals surface area contributed by atoms with Gasteiger partial charge in [0, 0.05) is 29.8 Å².